The third-order valence-electron chi connectivity index (χ3n) is 3.36. The van der Waals surface area contributed by atoms with Gasteiger partial charge in [0.25, 0.3) is 0 Å². The number of nitrogens with one attached hydrogen (secondary N) is 1. The summed E-state index contributed by atoms with van der Waals surface area (Å²) < 4.78 is 0. The fourth-order valence-corrected chi connectivity index (χ4v) is 2.41. The quantitative estimate of drug-likeness (QED) is 0.856. The van der Waals surface area contributed by atoms with Crippen molar-refractivity contribution in [2.24, 2.45) is 0 Å². The summed E-state index contributed by atoms with van der Waals surface area (Å²) in [6, 6.07) is 5.33. The third-order valence-corrected chi connectivity index (χ3v) is 3.60. The summed E-state index contributed by atoms with van der Waals surface area (Å²) in [6.07, 6.45) is 0. The SMILES string of the molecule is CC1(C)C(=O)NCCN1c1cc(Cl)ccc1CO. The highest BCUT2D eigenvalue weighted by molar-refractivity contribution is 6.30. The average molecular weight is 269 g/mol. The molecule has 1 fully saturated rings. The van der Waals surface area contributed by atoms with Crippen molar-refractivity contribution in [2.45, 2.75) is 26.0 Å². The molecule has 0 spiro atoms. The van der Waals surface area contributed by atoms with Crippen LogP contribution in [0.2, 0.25) is 5.02 Å². The number of nitrogens with zero attached hydrogens (tertiary/aromatic N) is 1. The predicted molar refractivity (Wildman–Crippen MR) is 71.8 cm³/mol. The van der Waals surface area contributed by atoms with Crippen LogP contribution < -0.4 is 10.2 Å². The van der Waals surface area contributed by atoms with E-state index in [0.29, 0.717) is 18.1 Å². The lowest BCUT2D eigenvalue weighted by Crippen LogP contribution is -2.62. The molecular weight excluding hydrogens is 252 g/mol. The summed E-state index contributed by atoms with van der Waals surface area (Å²) in [7, 11) is 0. The fraction of sp³-hybridized carbons (Fsp3) is 0.462. The van der Waals surface area contributed by atoms with Gasteiger partial charge in [-0.25, -0.2) is 0 Å². The van der Waals surface area contributed by atoms with Gasteiger partial charge in [-0.3, -0.25) is 4.79 Å². The minimum atomic E-state index is -0.646. The standard InChI is InChI=1S/C13H17ClN2O2/c1-13(2)12(18)15-5-6-16(13)11-7-10(14)4-3-9(11)8-17/h3-4,7,17H,5-6,8H2,1-2H3,(H,15,18). The minimum absolute atomic E-state index is 0.0161. The van der Waals surface area contributed by atoms with Gasteiger partial charge in [-0.05, 0) is 26.0 Å². The van der Waals surface area contributed by atoms with Gasteiger partial charge in [0.05, 0.1) is 6.61 Å². The predicted octanol–water partition coefficient (Wildman–Crippen LogP) is 1.55. The lowest BCUT2D eigenvalue weighted by Gasteiger charge is -2.43. The lowest BCUT2D eigenvalue weighted by molar-refractivity contribution is -0.126. The topological polar surface area (TPSA) is 52.6 Å². The zero-order chi connectivity index (χ0) is 13.3. The molecule has 0 unspecified atom stereocenters. The van der Waals surface area contributed by atoms with Crippen molar-refractivity contribution in [1.82, 2.24) is 5.32 Å². The van der Waals surface area contributed by atoms with Gasteiger partial charge >= 0.3 is 0 Å². The minimum Gasteiger partial charge on any atom is -0.392 e. The summed E-state index contributed by atoms with van der Waals surface area (Å²) >= 11 is 6.01. The van der Waals surface area contributed by atoms with Crippen LogP contribution in [0.4, 0.5) is 5.69 Å². The number of carbonyl (C=O) groups excluding carboxylic acids is 1. The maximum absolute atomic E-state index is 11.9. The highest BCUT2D eigenvalue weighted by Crippen LogP contribution is 2.31. The molecule has 0 radical (unpaired) electrons. The first-order chi connectivity index (χ1) is 8.46. The highest BCUT2D eigenvalue weighted by Gasteiger charge is 2.38. The molecule has 1 aliphatic heterocycles. The number of carbonyl (C=O) groups is 1. The second-order valence-electron chi connectivity index (χ2n) is 4.90. The monoisotopic (exact) mass is 268 g/mol. The van der Waals surface area contributed by atoms with Crippen LogP contribution in [0.3, 0.4) is 0 Å². The van der Waals surface area contributed by atoms with E-state index in [1.165, 1.54) is 0 Å². The van der Waals surface area contributed by atoms with E-state index in [2.05, 4.69) is 5.32 Å². The van der Waals surface area contributed by atoms with Gasteiger partial charge in [0.15, 0.2) is 0 Å². The Kier molecular flexibility index (Phi) is 3.50. The number of aliphatic hydroxyl groups excluding tert-OH is 1. The van der Waals surface area contributed by atoms with Gasteiger partial charge in [-0.1, -0.05) is 17.7 Å². The zero-order valence-corrected chi connectivity index (χ0v) is 11.3. The normalized spacial score (nSPS) is 18.7. The largest absolute Gasteiger partial charge is 0.392 e. The Labute approximate surface area is 112 Å². The first-order valence-electron chi connectivity index (χ1n) is 5.92. The van der Waals surface area contributed by atoms with Gasteiger partial charge in [0.2, 0.25) is 5.91 Å². The van der Waals surface area contributed by atoms with E-state index in [9.17, 15) is 9.90 Å². The molecule has 0 saturated carbocycles. The second-order valence-corrected chi connectivity index (χ2v) is 5.33. The Hall–Kier alpha value is -1.26. The molecule has 0 aromatic heterocycles. The number of aliphatic hydroxyl groups is 1. The molecule has 0 bridgehead atoms. The molecule has 1 aliphatic rings. The summed E-state index contributed by atoms with van der Waals surface area (Å²) in [4.78, 5) is 13.9. The van der Waals surface area contributed by atoms with E-state index < -0.39 is 5.54 Å². The molecular formula is C13H17ClN2O2. The number of hydrogen-bond donors (Lipinski definition) is 2. The van der Waals surface area contributed by atoms with Crippen molar-refractivity contribution in [2.75, 3.05) is 18.0 Å². The number of anilines is 1. The first-order valence-corrected chi connectivity index (χ1v) is 6.30. The number of hydrogen-bond acceptors (Lipinski definition) is 3. The van der Waals surface area contributed by atoms with E-state index in [0.717, 1.165) is 11.3 Å². The van der Waals surface area contributed by atoms with Crippen LogP contribution in [-0.4, -0.2) is 29.6 Å². The summed E-state index contributed by atoms with van der Waals surface area (Å²) in [5.74, 6) is -0.0161. The maximum atomic E-state index is 11.9. The van der Waals surface area contributed by atoms with E-state index in [4.69, 9.17) is 11.6 Å². The van der Waals surface area contributed by atoms with Crippen LogP contribution in [0.1, 0.15) is 19.4 Å². The molecule has 1 saturated heterocycles. The Bertz CT molecular complexity index is 474. The van der Waals surface area contributed by atoms with E-state index in [1.54, 1.807) is 18.2 Å². The number of rotatable bonds is 2. The molecule has 1 amide bonds. The summed E-state index contributed by atoms with van der Waals surface area (Å²) in [6.45, 7) is 4.96. The molecule has 1 aromatic rings. The number of amides is 1. The lowest BCUT2D eigenvalue weighted by atomic mass is 9.96. The second kappa shape index (κ2) is 4.78. The molecule has 0 atom stereocenters. The van der Waals surface area contributed by atoms with Crippen molar-refractivity contribution in [3.8, 4) is 0 Å². The molecule has 1 aromatic carbocycles. The van der Waals surface area contributed by atoms with Gasteiger partial charge in [0, 0.05) is 29.4 Å². The number of benzene rings is 1. The van der Waals surface area contributed by atoms with Gasteiger partial charge in [-0.2, -0.15) is 0 Å². The van der Waals surface area contributed by atoms with Crippen LogP contribution >= 0.6 is 11.6 Å². The molecule has 1 heterocycles. The first kappa shape index (κ1) is 13.2. The summed E-state index contributed by atoms with van der Waals surface area (Å²) in [5, 5.41) is 12.9. The van der Waals surface area contributed by atoms with Crippen molar-refractivity contribution >= 4 is 23.2 Å². The smallest absolute Gasteiger partial charge is 0.245 e. The van der Waals surface area contributed by atoms with Crippen molar-refractivity contribution in [1.29, 1.82) is 0 Å². The fourth-order valence-electron chi connectivity index (χ4n) is 2.24. The van der Waals surface area contributed by atoms with Crippen LogP contribution in [0.15, 0.2) is 18.2 Å². The van der Waals surface area contributed by atoms with Gasteiger partial charge in [-0.15, -0.1) is 0 Å². The van der Waals surface area contributed by atoms with Crippen LogP contribution in [0, 0.1) is 0 Å². The van der Waals surface area contributed by atoms with E-state index in [-0.39, 0.29) is 12.5 Å². The van der Waals surface area contributed by atoms with Crippen molar-refractivity contribution in [3.05, 3.63) is 28.8 Å². The Balaban J connectivity index is 2.46. The van der Waals surface area contributed by atoms with E-state index >= 15 is 0 Å². The van der Waals surface area contributed by atoms with E-state index in [1.807, 2.05) is 18.7 Å². The van der Waals surface area contributed by atoms with Gasteiger partial charge in [0.1, 0.15) is 5.54 Å². The molecule has 5 heteroatoms. The Morgan fingerprint density at radius 2 is 2.22 bits per heavy atom. The Morgan fingerprint density at radius 3 is 2.89 bits per heavy atom. The molecule has 18 heavy (non-hydrogen) atoms. The molecule has 0 aliphatic carbocycles. The van der Waals surface area contributed by atoms with Crippen LogP contribution in [0.25, 0.3) is 0 Å². The molecule has 2 N–H and O–H groups in total. The highest BCUT2D eigenvalue weighted by atomic mass is 35.5. The van der Waals surface area contributed by atoms with Gasteiger partial charge < -0.3 is 15.3 Å². The molecule has 4 nitrogen and oxygen atoms in total. The molecule has 2 rings (SSSR count). The number of halogens is 1. The molecule has 98 valence electrons. The van der Waals surface area contributed by atoms with Crippen LogP contribution in [-0.2, 0) is 11.4 Å². The van der Waals surface area contributed by atoms with Crippen molar-refractivity contribution in [3.63, 3.8) is 0 Å². The van der Waals surface area contributed by atoms with Crippen LogP contribution in [0.5, 0.6) is 0 Å². The Morgan fingerprint density at radius 1 is 1.50 bits per heavy atom. The third kappa shape index (κ3) is 2.18. The maximum Gasteiger partial charge on any atom is 0.245 e. The zero-order valence-electron chi connectivity index (χ0n) is 10.5. The average Bonchev–Trinajstić information content (AvgIpc) is 2.32. The number of piperazine rings is 1. The summed E-state index contributed by atoms with van der Waals surface area (Å²) in [5.41, 5.74) is 0.958. The van der Waals surface area contributed by atoms with Crippen molar-refractivity contribution < 1.29 is 9.90 Å².